The number of hydrogen-bond donors (Lipinski definition) is 3. The van der Waals surface area contributed by atoms with Crippen molar-refractivity contribution >= 4 is 16.0 Å². The van der Waals surface area contributed by atoms with Crippen LogP contribution in [0, 0.1) is 0 Å². The van der Waals surface area contributed by atoms with E-state index in [0.717, 1.165) is 25.7 Å². The number of carboxylic acids is 1. The van der Waals surface area contributed by atoms with Crippen LogP contribution < -0.4 is 10.5 Å². The number of carbonyl (C=O) groups is 1. The van der Waals surface area contributed by atoms with Gasteiger partial charge >= 0.3 is 5.97 Å². The van der Waals surface area contributed by atoms with E-state index in [2.05, 4.69) is 4.72 Å². The minimum absolute atomic E-state index is 0.0846. The van der Waals surface area contributed by atoms with Gasteiger partial charge in [0.15, 0.2) is 0 Å². The maximum Gasteiger partial charge on any atom is 0.304 e. The number of hydrogen-bond acceptors (Lipinski definition) is 4. The summed E-state index contributed by atoms with van der Waals surface area (Å²) in [6, 6.07) is 0.0818. The SMILES string of the molecule is NC1CCC(NS(=O)(=O)CCC(=O)O)CC1. The Balaban J connectivity index is 2.37. The van der Waals surface area contributed by atoms with Crippen LogP contribution >= 0.6 is 0 Å². The second-order valence-electron chi connectivity index (χ2n) is 4.19. The highest BCUT2D eigenvalue weighted by atomic mass is 32.2. The summed E-state index contributed by atoms with van der Waals surface area (Å²) in [5.41, 5.74) is 5.70. The minimum Gasteiger partial charge on any atom is -0.481 e. The predicted octanol–water partition coefficient (Wildman–Crippen LogP) is -0.350. The highest BCUT2D eigenvalue weighted by Crippen LogP contribution is 2.17. The van der Waals surface area contributed by atoms with Crippen LogP contribution in [-0.2, 0) is 14.8 Å². The zero-order valence-corrected chi connectivity index (χ0v) is 9.87. The van der Waals surface area contributed by atoms with E-state index >= 15 is 0 Å². The van der Waals surface area contributed by atoms with E-state index < -0.39 is 16.0 Å². The molecule has 7 heteroatoms. The van der Waals surface area contributed by atoms with Gasteiger partial charge in [-0.05, 0) is 25.7 Å². The van der Waals surface area contributed by atoms with E-state index in [1.165, 1.54) is 0 Å². The molecule has 0 atom stereocenters. The summed E-state index contributed by atoms with van der Waals surface area (Å²) >= 11 is 0. The molecule has 0 aliphatic heterocycles. The van der Waals surface area contributed by atoms with E-state index in [1.807, 2.05) is 0 Å². The summed E-state index contributed by atoms with van der Waals surface area (Å²) in [6.45, 7) is 0. The zero-order chi connectivity index (χ0) is 12.2. The molecule has 16 heavy (non-hydrogen) atoms. The lowest BCUT2D eigenvalue weighted by atomic mass is 9.93. The summed E-state index contributed by atoms with van der Waals surface area (Å²) in [5, 5.41) is 8.41. The van der Waals surface area contributed by atoms with E-state index in [1.54, 1.807) is 0 Å². The third-order valence-electron chi connectivity index (χ3n) is 2.70. The maximum atomic E-state index is 11.5. The third-order valence-corrected chi connectivity index (χ3v) is 4.14. The number of carboxylic acid groups (broad SMARTS) is 1. The minimum atomic E-state index is -3.47. The van der Waals surface area contributed by atoms with Crippen molar-refractivity contribution in [1.29, 1.82) is 0 Å². The van der Waals surface area contributed by atoms with Crippen LogP contribution in [0.15, 0.2) is 0 Å². The van der Waals surface area contributed by atoms with Crippen molar-refractivity contribution in [2.75, 3.05) is 5.75 Å². The summed E-state index contributed by atoms with van der Waals surface area (Å²) in [7, 11) is -3.47. The number of nitrogens with one attached hydrogen (secondary N) is 1. The molecule has 0 bridgehead atoms. The highest BCUT2D eigenvalue weighted by molar-refractivity contribution is 7.89. The Morgan fingerprint density at radius 2 is 1.88 bits per heavy atom. The maximum absolute atomic E-state index is 11.5. The summed E-state index contributed by atoms with van der Waals surface area (Å²) in [4.78, 5) is 10.3. The topological polar surface area (TPSA) is 109 Å². The number of rotatable bonds is 5. The molecule has 0 amide bonds. The first-order valence-electron chi connectivity index (χ1n) is 5.36. The van der Waals surface area contributed by atoms with Gasteiger partial charge in [0, 0.05) is 12.1 Å². The fourth-order valence-corrected chi connectivity index (χ4v) is 3.08. The zero-order valence-electron chi connectivity index (χ0n) is 9.05. The van der Waals surface area contributed by atoms with Gasteiger partial charge in [0.1, 0.15) is 0 Å². The van der Waals surface area contributed by atoms with Crippen LogP contribution in [0.3, 0.4) is 0 Å². The van der Waals surface area contributed by atoms with Crippen LogP contribution in [0.2, 0.25) is 0 Å². The monoisotopic (exact) mass is 250 g/mol. The second-order valence-corrected chi connectivity index (χ2v) is 6.07. The average molecular weight is 250 g/mol. The molecule has 94 valence electrons. The normalized spacial score (nSPS) is 26.6. The Morgan fingerprint density at radius 1 is 1.31 bits per heavy atom. The van der Waals surface area contributed by atoms with E-state index in [4.69, 9.17) is 10.8 Å². The molecule has 6 nitrogen and oxygen atoms in total. The van der Waals surface area contributed by atoms with Crippen LogP contribution in [0.4, 0.5) is 0 Å². The molecule has 1 aliphatic rings. The van der Waals surface area contributed by atoms with Crippen molar-refractivity contribution in [3.8, 4) is 0 Å². The summed E-state index contributed by atoms with van der Waals surface area (Å²) in [5.74, 6) is -1.46. The molecule has 1 rings (SSSR count). The van der Waals surface area contributed by atoms with Gasteiger partial charge < -0.3 is 10.8 Å². The molecular formula is C9H18N2O4S. The Bertz CT molecular complexity index is 333. The Labute approximate surface area is 95.3 Å². The molecule has 0 heterocycles. The summed E-state index contributed by atoms with van der Waals surface area (Å²) in [6.07, 6.45) is 2.72. The number of sulfonamides is 1. The molecule has 0 aromatic rings. The van der Waals surface area contributed by atoms with Gasteiger partial charge in [0.05, 0.1) is 12.2 Å². The molecular weight excluding hydrogens is 232 g/mol. The molecule has 0 unspecified atom stereocenters. The molecule has 0 radical (unpaired) electrons. The Kier molecular flexibility index (Phi) is 4.69. The van der Waals surface area contributed by atoms with Crippen molar-refractivity contribution in [1.82, 2.24) is 4.72 Å². The molecule has 4 N–H and O–H groups in total. The van der Waals surface area contributed by atoms with Crippen LogP contribution in [0.1, 0.15) is 32.1 Å². The average Bonchev–Trinajstić information content (AvgIpc) is 2.19. The van der Waals surface area contributed by atoms with E-state index in [-0.39, 0.29) is 24.3 Å². The van der Waals surface area contributed by atoms with Crippen LogP contribution in [0.25, 0.3) is 0 Å². The molecule has 1 saturated carbocycles. The van der Waals surface area contributed by atoms with Gasteiger partial charge in [-0.15, -0.1) is 0 Å². The Hall–Kier alpha value is -0.660. The molecule has 1 fully saturated rings. The molecule has 1 aliphatic carbocycles. The van der Waals surface area contributed by atoms with E-state index in [9.17, 15) is 13.2 Å². The second kappa shape index (κ2) is 5.60. The standard InChI is InChI=1S/C9H18N2O4S/c10-7-1-3-8(4-2-7)11-16(14,15)6-5-9(12)13/h7-8,11H,1-6,10H2,(H,12,13). The quantitative estimate of drug-likeness (QED) is 0.618. The molecule has 0 saturated heterocycles. The lowest BCUT2D eigenvalue weighted by molar-refractivity contribution is -0.136. The predicted molar refractivity (Wildman–Crippen MR) is 59.4 cm³/mol. The highest BCUT2D eigenvalue weighted by Gasteiger charge is 2.23. The lowest BCUT2D eigenvalue weighted by Crippen LogP contribution is -2.41. The van der Waals surface area contributed by atoms with Crippen molar-refractivity contribution in [3.05, 3.63) is 0 Å². The number of aliphatic carboxylic acids is 1. The van der Waals surface area contributed by atoms with Crippen LogP contribution in [-0.4, -0.2) is 37.3 Å². The lowest BCUT2D eigenvalue weighted by Gasteiger charge is -2.26. The van der Waals surface area contributed by atoms with Crippen LogP contribution in [0.5, 0.6) is 0 Å². The first-order chi connectivity index (χ1) is 7.39. The first kappa shape index (κ1) is 13.4. The smallest absolute Gasteiger partial charge is 0.304 e. The van der Waals surface area contributed by atoms with Crippen molar-refractivity contribution in [2.45, 2.75) is 44.2 Å². The van der Waals surface area contributed by atoms with Gasteiger partial charge in [0.2, 0.25) is 10.0 Å². The van der Waals surface area contributed by atoms with E-state index in [0.29, 0.717) is 0 Å². The van der Waals surface area contributed by atoms with Gasteiger partial charge in [-0.2, -0.15) is 0 Å². The molecule has 0 aromatic heterocycles. The molecule has 0 spiro atoms. The van der Waals surface area contributed by atoms with Gasteiger partial charge in [-0.3, -0.25) is 4.79 Å². The third kappa shape index (κ3) is 4.91. The largest absolute Gasteiger partial charge is 0.481 e. The van der Waals surface area contributed by atoms with Gasteiger partial charge in [-0.25, -0.2) is 13.1 Å². The fourth-order valence-electron chi connectivity index (χ4n) is 1.77. The van der Waals surface area contributed by atoms with Crippen molar-refractivity contribution in [2.24, 2.45) is 5.73 Å². The van der Waals surface area contributed by atoms with Gasteiger partial charge in [-0.1, -0.05) is 0 Å². The Morgan fingerprint density at radius 3 is 2.38 bits per heavy atom. The van der Waals surface area contributed by atoms with Gasteiger partial charge in [0.25, 0.3) is 0 Å². The molecule has 0 aromatic carbocycles. The summed E-state index contributed by atoms with van der Waals surface area (Å²) < 4.78 is 25.5. The number of nitrogens with two attached hydrogens (primary N) is 1. The van der Waals surface area contributed by atoms with Crippen molar-refractivity contribution < 1.29 is 18.3 Å². The fraction of sp³-hybridized carbons (Fsp3) is 0.889. The van der Waals surface area contributed by atoms with Crippen molar-refractivity contribution in [3.63, 3.8) is 0 Å². The first-order valence-corrected chi connectivity index (χ1v) is 7.01.